The Labute approximate surface area is 140 Å². The lowest BCUT2D eigenvalue weighted by Gasteiger charge is -2.08. The number of anilines is 1. The highest BCUT2D eigenvalue weighted by atomic mass is 32.2. The maximum absolute atomic E-state index is 13.1. The van der Waals surface area contributed by atoms with E-state index in [4.69, 9.17) is 0 Å². The van der Waals surface area contributed by atoms with E-state index in [9.17, 15) is 14.0 Å². The normalized spacial score (nSPS) is 11.0. The smallest absolute Gasteiger partial charge is 0.278 e. The molecule has 1 aromatic carbocycles. The maximum atomic E-state index is 13.1. The Hall–Kier alpha value is -2.68. The molecule has 0 unspecified atom stereocenters. The van der Waals surface area contributed by atoms with Gasteiger partial charge in [0.1, 0.15) is 5.82 Å². The first-order chi connectivity index (χ1) is 11.5. The number of fused-ring (bicyclic) bond motifs is 1. The van der Waals surface area contributed by atoms with Crippen molar-refractivity contribution in [1.82, 2.24) is 19.5 Å². The van der Waals surface area contributed by atoms with Gasteiger partial charge in [0, 0.05) is 12.7 Å². The lowest BCUT2D eigenvalue weighted by molar-refractivity contribution is -0.113. The second-order valence-electron chi connectivity index (χ2n) is 5.15. The van der Waals surface area contributed by atoms with E-state index in [1.807, 2.05) is 0 Å². The summed E-state index contributed by atoms with van der Waals surface area (Å²) in [6, 6.07) is 4.16. The van der Waals surface area contributed by atoms with E-state index >= 15 is 0 Å². The van der Waals surface area contributed by atoms with E-state index in [2.05, 4.69) is 20.3 Å². The number of H-pyrrole nitrogens is 1. The molecule has 2 N–H and O–H groups in total. The molecule has 0 spiro atoms. The largest absolute Gasteiger partial charge is 0.325 e. The van der Waals surface area contributed by atoms with Gasteiger partial charge in [-0.3, -0.25) is 9.59 Å². The minimum Gasteiger partial charge on any atom is -0.325 e. The van der Waals surface area contributed by atoms with Crippen LogP contribution >= 0.6 is 11.8 Å². The molecule has 0 atom stereocenters. The number of hydrogen-bond donors (Lipinski definition) is 2. The van der Waals surface area contributed by atoms with Crippen molar-refractivity contribution < 1.29 is 9.18 Å². The Morgan fingerprint density at radius 2 is 2.25 bits per heavy atom. The number of aromatic amines is 1. The van der Waals surface area contributed by atoms with E-state index in [1.165, 1.54) is 36.3 Å². The number of rotatable bonds is 4. The molecule has 0 aliphatic carbocycles. The molecule has 1 amide bonds. The molecule has 0 radical (unpaired) electrons. The summed E-state index contributed by atoms with van der Waals surface area (Å²) in [6.07, 6.45) is 1.31. The van der Waals surface area contributed by atoms with Crippen molar-refractivity contribution in [2.75, 3.05) is 11.1 Å². The number of thioether (sulfide) groups is 1. The summed E-state index contributed by atoms with van der Waals surface area (Å²) in [6.45, 7) is 1.72. The van der Waals surface area contributed by atoms with Gasteiger partial charge in [-0.15, -0.1) is 0 Å². The maximum Gasteiger partial charge on any atom is 0.278 e. The Morgan fingerprint density at radius 3 is 2.96 bits per heavy atom. The first-order valence-corrected chi connectivity index (χ1v) is 8.03. The number of carbonyl (C=O) groups is 1. The zero-order valence-electron chi connectivity index (χ0n) is 13.0. The SMILES string of the molecule is Cc1cc(F)ccc1NC(=O)CSc1nc2c(=O)[nH]cnc2n1C. The molecule has 3 rings (SSSR count). The second kappa shape index (κ2) is 6.44. The van der Waals surface area contributed by atoms with Crippen LogP contribution in [-0.2, 0) is 11.8 Å². The van der Waals surface area contributed by atoms with Gasteiger partial charge in [0.05, 0.1) is 12.1 Å². The van der Waals surface area contributed by atoms with E-state index < -0.39 is 0 Å². The van der Waals surface area contributed by atoms with Gasteiger partial charge in [-0.25, -0.2) is 14.4 Å². The highest BCUT2D eigenvalue weighted by Gasteiger charge is 2.14. The summed E-state index contributed by atoms with van der Waals surface area (Å²) in [5.74, 6) is -0.493. The van der Waals surface area contributed by atoms with Crippen LogP contribution in [0.4, 0.5) is 10.1 Å². The van der Waals surface area contributed by atoms with E-state index in [-0.39, 0.29) is 28.6 Å². The van der Waals surface area contributed by atoms with Crippen LogP contribution in [0, 0.1) is 12.7 Å². The third-order valence-electron chi connectivity index (χ3n) is 3.42. The van der Waals surface area contributed by atoms with Gasteiger partial charge in [-0.2, -0.15) is 0 Å². The number of amides is 1. The molecule has 2 heterocycles. The standard InChI is InChI=1S/C15H14FN5O2S/c1-8-5-9(16)3-4-10(8)19-11(22)6-24-15-20-12-13(21(15)2)17-7-18-14(12)23/h3-5,7H,6H2,1-2H3,(H,19,22)(H,17,18,23). The second-order valence-corrected chi connectivity index (χ2v) is 6.10. The van der Waals surface area contributed by atoms with Gasteiger partial charge in [-0.1, -0.05) is 11.8 Å². The molecule has 9 heteroatoms. The third-order valence-corrected chi connectivity index (χ3v) is 4.45. The van der Waals surface area contributed by atoms with Gasteiger partial charge in [0.2, 0.25) is 5.91 Å². The number of aromatic nitrogens is 4. The topological polar surface area (TPSA) is 92.7 Å². The molecule has 0 fully saturated rings. The first-order valence-electron chi connectivity index (χ1n) is 7.04. The van der Waals surface area contributed by atoms with Crippen LogP contribution in [0.15, 0.2) is 34.5 Å². The molecule has 7 nitrogen and oxygen atoms in total. The van der Waals surface area contributed by atoms with E-state index in [0.717, 1.165) is 0 Å². The van der Waals surface area contributed by atoms with Crippen LogP contribution in [-0.4, -0.2) is 31.2 Å². The molecule has 0 aliphatic rings. The van der Waals surface area contributed by atoms with Crippen LogP contribution in [0.25, 0.3) is 11.2 Å². The minimum absolute atomic E-state index is 0.103. The third kappa shape index (κ3) is 3.16. The van der Waals surface area contributed by atoms with Crippen molar-refractivity contribution in [3.05, 3.63) is 46.3 Å². The Balaban J connectivity index is 1.71. The number of nitrogens with one attached hydrogen (secondary N) is 2. The minimum atomic E-state index is -0.350. The average molecular weight is 347 g/mol. The lowest BCUT2D eigenvalue weighted by Crippen LogP contribution is -2.15. The molecule has 0 saturated heterocycles. The van der Waals surface area contributed by atoms with Crippen LogP contribution < -0.4 is 10.9 Å². The Kier molecular flexibility index (Phi) is 4.34. The van der Waals surface area contributed by atoms with Gasteiger partial charge in [0.25, 0.3) is 5.56 Å². The highest BCUT2D eigenvalue weighted by molar-refractivity contribution is 7.99. The quantitative estimate of drug-likeness (QED) is 0.703. The Bertz CT molecular complexity index is 982. The number of nitrogens with zero attached hydrogens (tertiary/aromatic N) is 3. The summed E-state index contributed by atoms with van der Waals surface area (Å²) in [4.78, 5) is 34.5. The van der Waals surface area contributed by atoms with Crippen molar-refractivity contribution >= 4 is 34.5 Å². The highest BCUT2D eigenvalue weighted by Crippen LogP contribution is 2.21. The van der Waals surface area contributed by atoms with Crippen molar-refractivity contribution in [2.45, 2.75) is 12.1 Å². The molecule has 0 saturated carbocycles. The number of carbonyl (C=O) groups excluding carboxylic acids is 1. The molecule has 3 aromatic rings. The summed E-state index contributed by atoms with van der Waals surface area (Å²) >= 11 is 1.19. The molecule has 0 bridgehead atoms. The summed E-state index contributed by atoms with van der Waals surface area (Å²) < 4.78 is 14.7. The van der Waals surface area contributed by atoms with Gasteiger partial charge in [-0.05, 0) is 30.7 Å². The predicted molar refractivity (Wildman–Crippen MR) is 89.6 cm³/mol. The summed E-state index contributed by atoms with van der Waals surface area (Å²) in [7, 11) is 1.73. The summed E-state index contributed by atoms with van der Waals surface area (Å²) in [5.41, 5.74) is 1.57. The van der Waals surface area contributed by atoms with E-state index in [1.54, 1.807) is 18.5 Å². The van der Waals surface area contributed by atoms with Crippen molar-refractivity contribution in [3.63, 3.8) is 0 Å². The van der Waals surface area contributed by atoms with Crippen LogP contribution in [0.2, 0.25) is 0 Å². The fourth-order valence-corrected chi connectivity index (χ4v) is 2.97. The van der Waals surface area contributed by atoms with Crippen LogP contribution in [0.3, 0.4) is 0 Å². The molecule has 2 aromatic heterocycles. The van der Waals surface area contributed by atoms with Gasteiger partial charge in [0.15, 0.2) is 16.3 Å². The van der Waals surface area contributed by atoms with Crippen LogP contribution in [0.5, 0.6) is 0 Å². The number of benzene rings is 1. The monoisotopic (exact) mass is 347 g/mol. The molecule has 124 valence electrons. The number of hydrogen-bond acceptors (Lipinski definition) is 5. The van der Waals surface area contributed by atoms with Gasteiger partial charge < -0.3 is 14.9 Å². The number of halogens is 1. The first kappa shape index (κ1) is 16.2. The predicted octanol–water partition coefficient (Wildman–Crippen LogP) is 1.83. The zero-order chi connectivity index (χ0) is 17.3. The molecule has 0 aliphatic heterocycles. The molecular weight excluding hydrogens is 333 g/mol. The summed E-state index contributed by atoms with van der Waals surface area (Å²) in [5, 5.41) is 3.24. The lowest BCUT2D eigenvalue weighted by atomic mass is 10.2. The fourth-order valence-electron chi connectivity index (χ4n) is 2.20. The van der Waals surface area contributed by atoms with Crippen LogP contribution in [0.1, 0.15) is 5.56 Å². The van der Waals surface area contributed by atoms with Gasteiger partial charge >= 0.3 is 0 Å². The number of imidazole rings is 1. The van der Waals surface area contributed by atoms with E-state index in [0.29, 0.717) is 22.1 Å². The zero-order valence-corrected chi connectivity index (χ0v) is 13.8. The average Bonchev–Trinajstić information content (AvgIpc) is 2.86. The van der Waals surface area contributed by atoms with Crippen molar-refractivity contribution in [1.29, 1.82) is 0 Å². The van der Waals surface area contributed by atoms with Crippen molar-refractivity contribution in [2.24, 2.45) is 7.05 Å². The number of aryl methyl sites for hydroxylation is 2. The van der Waals surface area contributed by atoms with Crippen molar-refractivity contribution in [3.8, 4) is 0 Å². The molecule has 24 heavy (non-hydrogen) atoms. The fraction of sp³-hybridized carbons (Fsp3) is 0.200. The Morgan fingerprint density at radius 1 is 1.46 bits per heavy atom. The molecular formula is C15H14FN5O2S.